The molecule has 0 radical (unpaired) electrons. The molecular weight excluding hydrogens is 460 g/mol. The van der Waals surface area contributed by atoms with Crippen LogP contribution < -0.4 is 10.6 Å². The quantitative estimate of drug-likeness (QED) is 0.271. The van der Waals surface area contributed by atoms with Gasteiger partial charge in [0.25, 0.3) is 5.91 Å². The van der Waals surface area contributed by atoms with Crippen LogP contribution in [0.15, 0.2) is 89.8 Å². The summed E-state index contributed by atoms with van der Waals surface area (Å²) in [4.78, 5) is 38.1. The molecule has 176 valence electrons. The molecule has 3 N–H and O–H groups in total. The van der Waals surface area contributed by atoms with Crippen molar-refractivity contribution in [1.29, 1.82) is 0 Å². The number of hydrogen-bond donors (Lipinski definition) is 3. The highest BCUT2D eigenvalue weighted by Gasteiger charge is 2.18. The fraction of sp³-hybridized carbons (Fsp3) is 0.107. The molecule has 1 atom stereocenters. The van der Waals surface area contributed by atoms with Crippen LogP contribution >= 0.6 is 11.8 Å². The number of nitrogens with one attached hydrogen (secondary N) is 2. The maximum absolute atomic E-state index is 13.0. The van der Waals surface area contributed by atoms with E-state index in [0.717, 1.165) is 16.1 Å². The normalized spacial score (nSPS) is 11.6. The van der Waals surface area contributed by atoms with Crippen LogP contribution in [0.2, 0.25) is 0 Å². The van der Waals surface area contributed by atoms with Crippen molar-refractivity contribution in [2.24, 2.45) is 0 Å². The van der Waals surface area contributed by atoms with Crippen LogP contribution in [-0.2, 0) is 4.79 Å². The van der Waals surface area contributed by atoms with E-state index < -0.39 is 11.9 Å². The first kappa shape index (κ1) is 24.0. The van der Waals surface area contributed by atoms with Gasteiger partial charge in [0.05, 0.1) is 10.8 Å². The van der Waals surface area contributed by atoms with Crippen LogP contribution in [0, 0.1) is 6.92 Å². The molecule has 0 aromatic heterocycles. The van der Waals surface area contributed by atoms with Crippen LogP contribution in [0.1, 0.15) is 33.2 Å². The van der Waals surface area contributed by atoms with Crippen molar-refractivity contribution in [3.05, 3.63) is 102 Å². The standard InChI is InChI=1S/C28H24N2O4S/c1-17-7-3-4-12-24(17)30-26(31)18(2)35-21-15-13-20(14-16-21)29-27(32)22-10-5-8-19-9-6-11-23(25(19)22)28(33)34/h3-16,18H,1-2H3,(H,29,32)(H,30,31)(H,33,34). The minimum absolute atomic E-state index is 0.0814. The molecule has 0 aliphatic rings. The summed E-state index contributed by atoms with van der Waals surface area (Å²) in [6, 6.07) is 24.9. The van der Waals surface area contributed by atoms with Crippen LogP contribution in [0.5, 0.6) is 0 Å². The average Bonchev–Trinajstić information content (AvgIpc) is 2.85. The minimum Gasteiger partial charge on any atom is -0.478 e. The van der Waals surface area contributed by atoms with Gasteiger partial charge < -0.3 is 15.7 Å². The smallest absolute Gasteiger partial charge is 0.336 e. The van der Waals surface area contributed by atoms with E-state index in [1.807, 2.05) is 50.2 Å². The summed E-state index contributed by atoms with van der Waals surface area (Å²) >= 11 is 1.42. The van der Waals surface area contributed by atoms with E-state index in [2.05, 4.69) is 10.6 Å². The van der Waals surface area contributed by atoms with Gasteiger partial charge in [-0.2, -0.15) is 0 Å². The van der Waals surface area contributed by atoms with Gasteiger partial charge in [-0.1, -0.05) is 42.5 Å². The van der Waals surface area contributed by atoms with E-state index in [9.17, 15) is 19.5 Å². The molecule has 1 unspecified atom stereocenters. The average molecular weight is 485 g/mol. The second-order valence-electron chi connectivity index (χ2n) is 8.06. The number of rotatable bonds is 7. The van der Waals surface area contributed by atoms with E-state index in [-0.39, 0.29) is 16.7 Å². The number of benzene rings is 4. The molecule has 6 nitrogen and oxygen atoms in total. The summed E-state index contributed by atoms with van der Waals surface area (Å²) in [6.45, 7) is 3.79. The van der Waals surface area contributed by atoms with Gasteiger partial charge in [0.15, 0.2) is 0 Å². The molecule has 4 aromatic carbocycles. The monoisotopic (exact) mass is 484 g/mol. The zero-order chi connectivity index (χ0) is 24.9. The van der Waals surface area contributed by atoms with E-state index in [4.69, 9.17) is 0 Å². The molecule has 7 heteroatoms. The van der Waals surface area contributed by atoms with Gasteiger partial charge in [-0.15, -0.1) is 11.8 Å². The van der Waals surface area contributed by atoms with Crippen molar-refractivity contribution >= 4 is 51.7 Å². The molecule has 0 fully saturated rings. The Hall–Kier alpha value is -4.10. The van der Waals surface area contributed by atoms with Crippen LogP contribution in [0.3, 0.4) is 0 Å². The number of aryl methyl sites for hydroxylation is 1. The predicted molar refractivity (Wildman–Crippen MR) is 140 cm³/mol. The molecule has 0 saturated carbocycles. The van der Waals surface area contributed by atoms with Gasteiger partial charge in [-0.25, -0.2) is 4.79 Å². The van der Waals surface area contributed by atoms with Gasteiger partial charge in [0.2, 0.25) is 5.91 Å². The second kappa shape index (κ2) is 10.4. The highest BCUT2D eigenvalue weighted by atomic mass is 32.2. The molecule has 4 rings (SSSR count). The first-order valence-electron chi connectivity index (χ1n) is 11.0. The Kier molecular flexibility index (Phi) is 7.17. The van der Waals surface area contributed by atoms with Crippen molar-refractivity contribution in [2.75, 3.05) is 10.6 Å². The predicted octanol–water partition coefficient (Wildman–Crippen LogP) is 6.22. The number of carbonyl (C=O) groups excluding carboxylic acids is 2. The Morgan fingerprint density at radius 3 is 2.11 bits per heavy atom. The van der Waals surface area contributed by atoms with Crippen molar-refractivity contribution in [3.8, 4) is 0 Å². The SMILES string of the molecule is Cc1ccccc1NC(=O)C(C)Sc1ccc(NC(=O)c2cccc3cccc(C(=O)O)c23)cc1. The Balaban J connectivity index is 1.44. The molecule has 2 amide bonds. The van der Waals surface area contributed by atoms with Crippen molar-refractivity contribution in [2.45, 2.75) is 24.0 Å². The van der Waals surface area contributed by atoms with E-state index in [1.165, 1.54) is 17.8 Å². The number of fused-ring (bicyclic) bond motifs is 1. The molecule has 0 bridgehead atoms. The van der Waals surface area contributed by atoms with Crippen LogP contribution in [-0.4, -0.2) is 28.1 Å². The summed E-state index contributed by atoms with van der Waals surface area (Å²) < 4.78 is 0. The summed E-state index contributed by atoms with van der Waals surface area (Å²) in [5.41, 5.74) is 2.74. The molecule has 0 heterocycles. The first-order chi connectivity index (χ1) is 16.8. The lowest BCUT2D eigenvalue weighted by atomic mass is 9.98. The summed E-state index contributed by atoms with van der Waals surface area (Å²) in [6.07, 6.45) is 0. The zero-order valence-corrected chi connectivity index (χ0v) is 20.1. The molecule has 0 spiro atoms. The number of amides is 2. The van der Waals surface area contributed by atoms with Gasteiger partial charge in [-0.05, 0) is 67.3 Å². The molecule has 4 aromatic rings. The number of thioether (sulfide) groups is 1. The van der Waals surface area contributed by atoms with E-state index >= 15 is 0 Å². The number of carbonyl (C=O) groups is 3. The molecule has 0 aliphatic heterocycles. The van der Waals surface area contributed by atoms with Gasteiger partial charge in [0.1, 0.15) is 0 Å². The number of anilines is 2. The van der Waals surface area contributed by atoms with Crippen molar-refractivity contribution in [3.63, 3.8) is 0 Å². The number of carboxylic acid groups (broad SMARTS) is 1. The number of para-hydroxylation sites is 1. The van der Waals surface area contributed by atoms with Crippen LogP contribution in [0.25, 0.3) is 10.8 Å². The minimum atomic E-state index is -1.09. The number of carboxylic acids is 1. The largest absolute Gasteiger partial charge is 0.478 e. The summed E-state index contributed by atoms with van der Waals surface area (Å²) in [5, 5.41) is 16.1. The Morgan fingerprint density at radius 1 is 0.800 bits per heavy atom. The molecular formula is C28H24N2O4S. The zero-order valence-electron chi connectivity index (χ0n) is 19.2. The van der Waals surface area contributed by atoms with E-state index in [0.29, 0.717) is 22.0 Å². The maximum Gasteiger partial charge on any atom is 0.336 e. The lowest BCUT2D eigenvalue weighted by Crippen LogP contribution is -2.22. The van der Waals surface area contributed by atoms with Gasteiger partial charge >= 0.3 is 5.97 Å². The van der Waals surface area contributed by atoms with E-state index in [1.54, 1.807) is 42.5 Å². The molecule has 0 aliphatic carbocycles. The topological polar surface area (TPSA) is 95.5 Å². The second-order valence-corrected chi connectivity index (χ2v) is 9.47. The third-order valence-electron chi connectivity index (χ3n) is 5.58. The van der Waals surface area contributed by atoms with Gasteiger partial charge in [0, 0.05) is 27.2 Å². The lowest BCUT2D eigenvalue weighted by Gasteiger charge is -2.14. The fourth-order valence-corrected chi connectivity index (χ4v) is 4.60. The van der Waals surface area contributed by atoms with Gasteiger partial charge in [-0.3, -0.25) is 9.59 Å². The van der Waals surface area contributed by atoms with Crippen molar-refractivity contribution in [1.82, 2.24) is 0 Å². The lowest BCUT2D eigenvalue weighted by molar-refractivity contribution is -0.115. The van der Waals surface area contributed by atoms with Crippen LogP contribution in [0.4, 0.5) is 11.4 Å². The Morgan fingerprint density at radius 2 is 1.46 bits per heavy atom. The fourth-order valence-electron chi connectivity index (χ4n) is 3.73. The summed E-state index contributed by atoms with van der Waals surface area (Å²) in [5.74, 6) is -1.57. The third-order valence-corrected chi connectivity index (χ3v) is 6.69. The number of aromatic carboxylic acids is 1. The number of hydrogen-bond acceptors (Lipinski definition) is 4. The highest BCUT2D eigenvalue weighted by Crippen LogP contribution is 2.27. The Bertz CT molecular complexity index is 1410. The van der Waals surface area contributed by atoms with Crippen molar-refractivity contribution < 1.29 is 19.5 Å². The first-order valence-corrected chi connectivity index (χ1v) is 11.9. The molecule has 0 saturated heterocycles. The highest BCUT2D eigenvalue weighted by molar-refractivity contribution is 8.00. The third kappa shape index (κ3) is 5.53. The Labute approximate surface area is 207 Å². The molecule has 35 heavy (non-hydrogen) atoms. The maximum atomic E-state index is 13.0. The summed E-state index contributed by atoms with van der Waals surface area (Å²) in [7, 11) is 0.